The lowest BCUT2D eigenvalue weighted by molar-refractivity contribution is 0.808. The highest BCUT2D eigenvalue weighted by molar-refractivity contribution is 5.08. The molecule has 0 radical (unpaired) electrons. The Balaban J connectivity index is 3.54. The minimum absolute atomic E-state index is 1.07. The molecule has 0 unspecified atom stereocenters. The van der Waals surface area contributed by atoms with Crippen molar-refractivity contribution >= 4 is 0 Å². The maximum Gasteiger partial charge on any atom is -0.0117 e. The molecule has 0 amide bonds. The Kier molecular flexibility index (Phi) is 5.91. The predicted octanol–water partition coefficient (Wildman–Crippen LogP) is 4.09. The fourth-order valence-corrected chi connectivity index (χ4v) is 1.10. The molecule has 0 fully saturated rings. The van der Waals surface area contributed by atoms with Gasteiger partial charge in [0.05, 0.1) is 0 Å². The molecule has 0 bridgehead atoms. The van der Waals surface area contributed by atoms with Crippen LogP contribution in [0, 0.1) is 0 Å². The first-order valence-corrected chi connectivity index (χ1v) is 4.46. The molecular weight excluding hydrogens is 132 g/mol. The monoisotopic (exact) mass is 152 g/mol. The van der Waals surface area contributed by atoms with Crippen LogP contribution >= 0.6 is 0 Å². The number of rotatable bonds is 5. The van der Waals surface area contributed by atoms with E-state index in [2.05, 4.69) is 33.4 Å². The molecule has 11 heavy (non-hydrogen) atoms. The third-order valence-corrected chi connectivity index (χ3v) is 1.63. The van der Waals surface area contributed by atoms with Gasteiger partial charge in [-0.2, -0.15) is 0 Å². The smallest absolute Gasteiger partial charge is 0.0117 e. The van der Waals surface area contributed by atoms with Crippen LogP contribution in [0.3, 0.4) is 0 Å². The minimum atomic E-state index is 1.07. The van der Waals surface area contributed by atoms with Gasteiger partial charge in [0, 0.05) is 0 Å². The highest BCUT2D eigenvalue weighted by Gasteiger charge is 1.89. The van der Waals surface area contributed by atoms with Crippen LogP contribution in [0.2, 0.25) is 0 Å². The van der Waals surface area contributed by atoms with Crippen molar-refractivity contribution in [3.8, 4) is 0 Å². The van der Waals surface area contributed by atoms with Gasteiger partial charge in [-0.25, -0.2) is 0 Å². The van der Waals surface area contributed by atoms with Crippen LogP contribution in [0.4, 0.5) is 0 Å². The molecule has 0 heterocycles. The summed E-state index contributed by atoms with van der Waals surface area (Å²) in [5.41, 5.74) is 2.72. The zero-order valence-corrected chi connectivity index (χ0v) is 8.11. The Morgan fingerprint density at radius 2 is 2.00 bits per heavy atom. The molecule has 0 aliphatic rings. The zero-order chi connectivity index (χ0) is 8.69. The fourth-order valence-electron chi connectivity index (χ4n) is 1.10. The largest absolute Gasteiger partial charge is 0.0998 e. The molecule has 0 N–H and O–H groups in total. The van der Waals surface area contributed by atoms with Gasteiger partial charge < -0.3 is 0 Å². The summed E-state index contributed by atoms with van der Waals surface area (Å²) in [7, 11) is 0. The van der Waals surface area contributed by atoms with Gasteiger partial charge in [-0.1, -0.05) is 43.6 Å². The second-order valence-corrected chi connectivity index (χ2v) is 3.33. The van der Waals surface area contributed by atoms with Crippen molar-refractivity contribution in [1.29, 1.82) is 0 Å². The second-order valence-electron chi connectivity index (χ2n) is 3.33. The lowest BCUT2D eigenvalue weighted by atomic mass is 10.1. The maximum absolute atomic E-state index is 3.88. The van der Waals surface area contributed by atoms with Crippen LogP contribution in [-0.4, -0.2) is 0 Å². The van der Waals surface area contributed by atoms with Crippen LogP contribution in [0.1, 0.15) is 46.5 Å². The SMILES string of the molecule is C=C(C)CC(C)=CCCCC. The van der Waals surface area contributed by atoms with Gasteiger partial charge in [0.15, 0.2) is 0 Å². The molecule has 0 aromatic heterocycles. The molecule has 0 saturated carbocycles. The topological polar surface area (TPSA) is 0 Å². The average molecular weight is 152 g/mol. The third-order valence-electron chi connectivity index (χ3n) is 1.63. The molecule has 0 heteroatoms. The lowest BCUT2D eigenvalue weighted by Crippen LogP contribution is -1.78. The summed E-state index contributed by atoms with van der Waals surface area (Å²) in [4.78, 5) is 0. The van der Waals surface area contributed by atoms with E-state index in [0.29, 0.717) is 0 Å². The number of hydrogen-bond donors (Lipinski definition) is 0. The molecule has 0 aromatic rings. The number of allylic oxidation sites excluding steroid dienone is 3. The average Bonchev–Trinajstić information content (AvgIpc) is 1.86. The van der Waals surface area contributed by atoms with E-state index in [9.17, 15) is 0 Å². The van der Waals surface area contributed by atoms with Crippen LogP contribution in [0.15, 0.2) is 23.8 Å². The summed E-state index contributed by atoms with van der Waals surface area (Å²) in [5.74, 6) is 0. The van der Waals surface area contributed by atoms with Gasteiger partial charge in [-0.3, -0.25) is 0 Å². The third kappa shape index (κ3) is 7.38. The number of hydrogen-bond acceptors (Lipinski definition) is 0. The first kappa shape index (κ1) is 10.5. The molecule has 0 aliphatic carbocycles. The van der Waals surface area contributed by atoms with Crippen LogP contribution in [0.5, 0.6) is 0 Å². The van der Waals surface area contributed by atoms with E-state index >= 15 is 0 Å². The molecular formula is C11H20. The van der Waals surface area contributed by atoms with E-state index in [-0.39, 0.29) is 0 Å². The Morgan fingerprint density at radius 3 is 2.45 bits per heavy atom. The Bertz CT molecular complexity index is 140. The summed E-state index contributed by atoms with van der Waals surface area (Å²) < 4.78 is 0. The first-order chi connectivity index (χ1) is 5.16. The molecule has 0 atom stereocenters. The van der Waals surface area contributed by atoms with E-state index in [1.807, 2.05) is 0 Å². The molecule has 0 spiro atoms. The van der Waals surface area contributed by atoms with E-state index in [0.717, 1.165) is 6.42 Å². The van der Waals surface area contributed by atoms with E-state index in [1.54, 1.807) is 0 Å². The van der Waals surface area contributed by atoms with Crippen molar-refractivity contribution in [2.75, 3.05) is 0 Å². The van der Waals surface area contributed by atoms with E-state index in [1.165, 1.54) is 30.4 Å². The summed E-state index contributed by atoms with van der Waals surface area (Å²) in [6, 6.07) is 0. The van der Waals surface area contributed by atoms with Gasteiger partial charge in [0.1, 0.15) is 0 Å². The summed E-state index contributed by atoms with van der Waals surface area (Å²) in [5, 5.41) is 0. The standard InChI is InChI=1S/C11H20/c1-5-6-7-8-11(4)9-10(2)3/h8H,2,5-7,9H2,1,3-4H3. The van der Waals surface area contributed by atoms with Crippen LogP contribution in [-0.2, 0) is 0 Å². The Morgan fingerprint density at radius 1 is 1.36 bits per heavy atom. The van der Waals surface area contributed by atoms with Gasteiger partial charge in [0.25, 0.3) is 0 Å². The normalized spacial score (nSPS) is 11.7. The molecule has 64 valence electrons. The fraction of sp³-hybridized carbons (Fsp3) is 0.636. The summed E-state index contributed by atoms with van der Waals surface area (Å²) in [6.45, 7) is 10.4. The molecule has 0 nitrogen and oxygen atoms in total. The van der Waals surface area contributed by atoms with Gasteiger partial charge in [-0.05, 0) is 26.7 Å². The maximum atomic E-state index is 3.88. The lowest BCUT2D eigenvalue weighted by Gasteiger charge is -1.99. The van der Waals surface area contributed by atoms with Crippen molar-refractivity contribution < 1.29 is 0 Å². The quantitative estimate of drug-likeness (QED) is 0.411. The van der Waals surface area contributed by atoms with Gasteiger partial charge in [0.2, 0.25) is 0 Å². The van der Waals surface area contributed by atoms with Crippen molar-refractivity contribution in [2.24, 2.45) is 0 Å². The summed E-state index contributed by atoms with van der Waals surface area (Å²) in [6.07, 6.45) is 7.24. The van der Waals surface area contributed by atoms with Gasteiger partial charge >= 0.3 is 0 Å². The molecule has 0 aliphatic heterocycles. The van der Waals surface area contributed by atoms with Crippen molar-refractivity contribution in [1.82, 2.24) is 0 Å². The highest BCUT2D eigenvalue weighted by atomic mass is 14.0. The first-order valence-electron chi connectivity index (χ1n) is 4.46. The Hall–Kier alpha value is -0.520. The molecule has 0 rings (SSSR count). The number of unbranched alkanes of at least 4 members (excludes halogenated alkanes) is 2. The second kappa shape index (κ2) is 6.21. The zero-order valence-electron chi connectivity index (χ0n) is 8.11. The van der Waals surface area contributed by atoms with Crippen molar-refractivity contribution in [2.45, 2.75) is 46.5 Å². The van der Waals surface area contributed by atoms with E-state index in [4.69, 9.17) is 0 Å². The minimum Gasteiger partial charge on any atom is -0.0998 e. The van der Waals surface area contributed by atoms with E-state index < -0.39 is 0 Å². The summed E-state index contributed by atoms with van der Waals surface area (Å²) >= 11 is 0. The van der Waals surface area contributed by atoms with Crippen LogP contribution in [0.25, 0.3) is 0 Å². The van der Waals surface area contributed by atoms with Gasteiger partial charge in [-0.15, -0.1) is 0 Å². The predicted molar refractivity (Wildman–Crippen MR) is 52.7 cm³/mol. The highest BCUT2D eigenvalue weighted by Crippen LogP contribution is 2.09. The molecule has 0 aromatic carbocycles. The van der Waals surface area contributed by atoms with Crippen molar-refractivity contribution in [3.05, 3.63) is 23.8 Å². The Labute approximate surface area is 71.0 Å². The van der Waals surface area contributed by atoms with Crippen LogP contribution < -0.4 is 0 Å². The van der Waals surface area contributed by atoms with Crippen molar-refractivity contribution in [3.63, 3.8) is 0 Å². The molecule has 0 saturated heterocycles.